The second kappa shape index (κ2) is 7.95. The van der Waals surface area contributed by atoms with Gasteiger partial charge in [0.25, 0.3) is 0 Å². The standard InChI is InChI=1S/C21H26N2O2.ClH/c24-19(17-9-8-15-5-1-2-6-16(15)11-17)13-23-20(25)21-10-4-3-7-18(21)12-22-14-21;/h1-2,5-6,8-9,11,18-19,22,24H,3-4,7,10,12-14H2,(H,23,25);1H/t18-,19?,21+;/m0./s1. The first-order chi connectivity index (χ1) is 12.2. The fourth-order valence-corrected chi connectivity index (χ4v) is 4.59. The van der Waals surface area contributed by atoms with Crippen molar-refractivity contribution >= 4 is 29.1 Å². The Morgan fingerprint density at radius 2 is 2.04 bits per heavy atom. The molecule has 2 aromatic rings. The molecule has 1 aliphatic carbocycles. The summed E-state index contributed by atoms with van der Waals surface area (Å²) < 4.78 is 0. The highest BCUT2D eigenvalue weighted by Crippen LogP contribution is 2.43. The third kappa shape index (κ3) is 3.46. The summed E-state index contributed by atoms with van der Waals surface area (Å²) in [7, 11) is 0. The Morgan fingerprint density at radius 3 is 2.88 bits per heavy atom. The molecule has 5 heteroatoms. The predicted molar refractivity (Wildman–Crippen MR) is 106 cm³/mol. The van der Waals surface area contributed by atoms with Crippen LogP contribution in [0.5, 0.6) is 0 Å². The fourth-order valence-electron chi connectivity index (χ4n) is 4.59. The topological polar surface area (TPSA) is 61.4 Å². The van der Waals surface area contributed by atoms with Crippen molar-refractivity contribution in [3.8, 4) is 0 Å². The molecule has 4 rings (SSSR count). The summed E-state index contributed by atoms with van der Waals surface area (Å²) in [5.41, 5.74) is 0.586. The lowest BCUT2D eigenvalue weighted by atomic mass is 9.67. The van der Waals surface area contributed by atoms with Gasteiger partial charge in [-0.15, -0.1) is 12.4 Å². The van der Waals surface area contributed by atoms with Gasteiger partial charge in [0.1, 0.15) is 0 Å². The normalized spacial score (nSPS) is 26.0. The molecule has 1 amide bonds. The van der Waals surface area contributed by atoms with Crippen LogP contribution < -0.4 is 10.6 Å². The number of amides is 1. The Labute approximate surface area is 160 Å². The summed E-state index contributed by atoms with van der Waals surface area (Å²) in [5.74, 6) is 0.557. The van der Waals surface area contributed by atoms with Crippen LogP contribution in [0.3, 0.4) is 0 Å². The largest absolute Gasteiger partial charge is 0.387 e. The molecule has 1 aliphatic heterocycles. The zero-order valence-electron chi connectivity index (χ0n) is 14.9. The number of fused-ring (bicyclic) bond motifs is 2. The molecule has 0 radical (unpaired) electrons. The molecular formula is C21H27ClN2O2. The van der Waals surface area contributed by atoms with Gasteiger partial charge in [0, 0.05) is 13.1 Å². The zero-order valence-corrected chi connectivity index (χ0v) is 15.7. The molecular weight excluding hydrogens is 348 g/mol. The van der Waals surface area contributed by atoms with Gasteiger partial charge in [-0.3, -0.25) is 4.79 Å². The number of halogens is 1. The van der Waals surface area contributed by atoms with Crippen LogP contribution in [0.2, 0.25) is 0 Å². The van der Waals surface area contributed by atoms with Gasteiger partial charge in [-0.05, 0) is 47.7 Å². The van der Waals surface area contributed by atoms with Crippen LogP contribution in [-0.2, 0) is 4.79 Å². The fraction of sp³-hybridized carbons (Fsp3) is 0.476. The molecule has 1 saturated carbocycles. The molecule has 1 unspecified atom stereocenters. The number of benzene rings is 2. The number of rotatable bonds is 4. The van der Waals surface area contributed by atoms with Crippen molar-refractivity contribution in [1.82, 2.24) is 10.6 Å². The van der Waals surface area contributed by atoms with Gasteiger partial charge < -0.3 is 15.7 Å². The molecule has 1 saturated heterocycles. The van der Waals surface area contributed by atoms with Crippen molar-refractivity contribution in [2.24, 2.45) is 11.3 Å². The molecule has 2 fully saturated rings. The van der Waals surface area contributed by atoms with Crippen LogP contribution >= 0.6 is 12.4 Å². The van der Waals surface area contributed by atoms with Gasteiger partial charge >= 0.3 is 0 Å². The average Bonchev–Trinajstić information content (AvgIpc) is 3.10. The Bertz CT molecular complexity index is 781. The Kier molecular flexibility index (Phi) is 5.86. The monoisotopic (exact) mass is 374 g/mol. The first-order valence-electron chi connectivity index (χ1n) is 9.35. The van der Waals surface area contributed by atoms with E-state index in [1.807, 2.05) is 36.4 Å². The Balaban J connectivity index is 0.00000196. The van der Waals surface area contributed by atoms with Crippen molar-refractivity contribution in [2.45, 2.75) is 31.8 Å². The summed E-state index contributed by atoms with van der Waals surface area (Å²) >= 11 is 0. The third-order valence-electron chi connectivity index (χ3n) is 6.10. The van der Waals surface area contributed by atoms with Gasteiger partial charge in [-0.1, -0.05) is 49.2 Å². The summed E-state index contributed by atoms with van der Waals surface area (Å²) in [5, 5.41) is 19.2. The number of carbonyl (C=O) groups is 1. The SMILES string of the molecule is Cl.O=C(NCC(O)c1ccc2ccccc2c1)[C@@]12CCCC[C@H]1CNC2. The summed E-state index contributed by atoms with van der Waals surface area (Å²) in [6, 6.07) is 14.1. The lowest BCUT2D eigenvalue weighted by molar-refractivity contribution is -0.134. The molecule has 3 N–H and O–H groups in total. The van der Waals surface area contributed by atoms with Gasteiger partial charge in [0.15, 0.2) is 0 Å². The number of hydrogen-bond donors (Lipinski definition) is 3. The van der Waals surface area contributed by atoms with Crippen molar-refractivity contribution in [3.05, 3.63) is 48.0 Å². The van der Waals surface area contributed by atoms with E-state index in [0.29, 0.717) is 5.92 Å². The van der Waals surface area contributed by atoms with Crippen molar-refractivity contribution in [1.29, 1.82) is 0 Å². The van der Waals surface area contributed by atoms with Crippen LogP contribution in [-0.4, -0.2) is 30.6 Å². The van der Waals surface area contributed by atoms with E-state index >= 15 is 0 Å². The molecule has 2 aliphatic rings. The Morgan fingerprint density at radius 1 is 1.23 bits per heavy atom. The van der Waals surface area contributed by atoms with E-state index in [9.17, 15) is 9.90 Å². The van der Waals surface area contributed by atoms with Crippen LogP contribution in [0, 0.1) is 11.3 Å². The van der Waals surface area contributed by atoms with Gasteiger partial charge in [-0.25, -0.2) is 0 Å². The number of aliphatic hydroxyl groups is 1. The number of carbonyl (C=O) groups excluding carboxylic acids is 1. The van der Waals surface area contributed by atoms with Crippen LogP contribution in [0.4, 0.5) is 0 Å². The average molecular weight is 375 g/mol. The van der Waals surface area contributed by atoms with E-state index in [4.69, 9.17) is 0 Å². The Hall–Kier alpha value is -1.62. The summed E-state index contributed by atoms with van der Waals surface area (Å²) in [4.78, 5) is 12.9. The summed E-state index contributed by atoms with van der Waals surface area (Å²) in [6.07, 6.45) is 3.76. The quantitative estimate of drug-likeness (QED) is 0.770. The minimum absolute atomic E-state index is 0. The molecule has 0 bridgehead atoms. The van der Waals surface area contributed by atoms with Gasteiger partial charge in [0.05, 0.1) is 11.5 Å². The van der Waals surface area contributed by atoms with Gasteiger partial charge in [0.2, 0.25) is 5.91 Å². The third-order valence-corrected chi connectivity index (χ3v) is 6.10. The maximum atomic E-state index is 12.9. The minimum Gasteiger partial charge on any atom is -0.387 e. The molecule has 2 aromatic carbocycles. The highest BCUT2D eigenvalue weighted by Gasteiger charge is 2.49. The van der Waals surface area contributed by atoms with E-state index in [0.717, 1.165) is 48.7 Å². The first kappa shape index (κ1) is 19.2. The smallest absolute Gasteiger partial charge is 0.227 e. The molecule has 0 aromatic heterocycles. The van der Waals surface area contributed by atoms with Crippen molar-refractivity contribution < 1.29 is 9.90 Å². The highest BCUT2D eigenvalue weighted by molar-refractivity contribution is 5.85. The van der Waals surface area contributed by atoms with Gasteiger partial charge in [-0.2, -0.15) is 0 Å². The molecule has 1 heterocycles. The lowest BCUT2D eigenvalue weighted by Gasteiger charge is -2.37. The van der Waals surface area contributed by atoms with E-state index < -0.39 is 6.10 Å². The minimum atomic E-state index is -0.679. The molecule has 3 atom stereocenters. The number of hydrogen-bond acceptors (Lipinski definition) is 3. The predicted octanol–water partition coefficient (Wildman–Crippen LogP) is 3.19. The second-order valence-electron chi connectivity index (χ2n) is 7.56. The van der Waals surface area contributed by atoms with Crippen molar-refractivity contribution in [3.63, 3.8) is 0 Å². The highest BCUT2D eigenvalue weighted by atomic mass is 35.5. The van der Waals surface area contributed by atoms with Crippen LogP contribution in [0.25, 0.3) is 10.8 Å². The zero-order chi connectivity index (χ0) is 17.3. The molecule has 140 valence electrons. The number of nitrogens with one attached hydrogen (secondary N) is 2. The number of aliphatic hydroxyl groups excluding tert-OH is 1. The molecule has 0 spiro atoms. The molecule has 26 heavy (non-hydrogen) atoms. The first-order valence-corrected chi connectivity index (χ1v) is 9.35. The van der Waals surface area contributed by atoms with E-state index in [2.05, 4.69) is 16.7 Å². The maximum absolute atomic E-state index is 12.9. The van der Waals surface area contributed by atoms with Crippen LogP contribution in [0.1, 0.15) is 37.4 Å². The lowest BCUT2D eigenvalue weighted by Crippen LogP contribution is -2.48. The second-order valence-corrected chi connectivity index (χ2v) is 7.56. The van der Waals surface area contributed by atoms with Crippen LogP contribution in [0.15, 0.2) is 42.5 Å². The van der Waals surface area contributed by atoms with E-state index in [1.165, 1.54) is 6.42 Å². The van der Waals surface area contributed by atoms with E-state index in [-0.39, 0.29) is 30.3 Å². The maximum Gasteiger partial charge on any atom is 0.227 e. The molecule has 4 nitrogen and oxygen atoms in total. The van der Waals surface area contributed by atoms with Crippen molar-refractivity contribution in [2.75, 3.05) is 19.6 Å². The summed E-state index contributed by atoms with van der Waals surface area (Å²) in [6.45, 7) is 1.99. The van der Waals surface area contributed by atoms with E-state index in [1.54, 1.807) is 0 Å².